The average molecular weight is 282 g/mol. The Hall–Kier alpha value is -1.00. The number of hydrogen-bond acceptors (Lipinski definition) is 2. The molecule has 112 valence electrons. The second kappa shape index (κ2) is 7.14. The Morgan fingerprint density at radius 3 is 2.80 bits per heavy atom. The second-order valence-corrected chi connectivity index (χ2v) is 5.62. The van der Waals surface area contributed by atoms with E-state index in [4.69, 9.17) is 0 Å². The van der Waals surface area contributed by atoms with E-state index in [1.807, 2.05) is 0 Å². The summed E-state index contributed by atoms with van der Waals surface area (Å²) in [6.07, 6.45) is 3.24. The molecule has 4 heteroatoms. The van der Waals surface area contributed by atoms with Crippen LogP contribution >= 0.6 is 0 Å². The standard InChI is InChI=1S/C16H24F2N2/c1-3-5-15-9-19-14(4-2)11-20(15)10-12-8-13(17)6-7-16(12)18/h6-8,14-15,19H,3-5,9-11H2,1-2H3. The van der Waals surface area contributed by atoms with Crippen LogP contribution in [0.25, 0.3) is 0 Å². The summed E-state index contributed by atoms with van der Waals surface area (Å²) in [5, 5.41) is 3.54. The van der Waals surface area contributed by atoms with Gasteiger partial charge in [-0.15, -0.1) is 0 Å². The first-order chi connectivity index (χ1) is 9.63. The van der Waals surface area contributed by atoms with Crippen molar-refractivity contribution in [3.63, 3.8) is 0 Å². The predicted molar refractivity (Wildman–Crippen MR) is 77.5 cm³/mol. The monoisotopic (exact) mass is 282 g/mol. The lowest BCUT2D eigenvalue weighted by Crippen LogP contribution is -2.55. The molecule has 0 amide bonds. The number of nitrogens with one attached hydrogen (secondary N) is 1. The van der Waals surface area contributed by atoms with E-state index < -0.39 is 0 Å². The van der Waals surface area contributed by atoms with Gasteiger partial charge in [-0.2, -0.15) is 0 Å². The van der Waals surface area contributed by atoms with Crippen LogP contribution in [0.2, 0.25) is 0 Å². The van der Waals surface area contributed by atoms with Gasteiger partial charge in [-0.3, -0.25) is 4.90 Å². The summed E-state index contributed by atoms with van der Waals surface area (Å²) in [7, 11) is 0. The highest BCUT2D eigenvalue weighted by Gasteiger charge is 2.27. The van der Waals surface area contributed by atoms with Gasteiger partial charge in [0.1, 0.15) is 11.6 Å². The molecule has 0 radical (unpaired) electrons. The van der Waals surface area contributed by atoms with Crippen molar-refractivity contribution in [2.24, 2.45) is 0 Å². The normalized spacial score (nSPS) is 24.0. The molecule has 1 aromatic rings. The van der Waals surface area contributed by atoms with Crippen LogP contribution in [0.5, 0.6) is 0 Å². The highest BCUT2D eigenvalue weighted by molar-refractivity contribution is 5.19. The molecule has 1 aliphatic rings. The SMILES string of the molecule is CCCC1CNC(CC)CN1Cc1cc(F)ccc1F. The van der Waals surface area contributed by atoms with Crippen LogP contribution in [0, 0.1) is 11.6 Å². The zero-order valence-electron chi connectivity index (χ0n) is 12.3. The van der Waals surface area contributed by atoms with Crippen molar-refractivity contribution in [1.29, 1.82) is 0 Å². The Kier molecular flexibility index (Phi) is 5.49. The van der Waals surface area contributed by atoms with Gasteiger partial charge in [0.2, 0.25) is 0 Å². The van der Waals surface area contributed by atoms with Crippen LogP contribution in [0.15, 0.2) is 18.2 Å². The summed E-state index contributed by atoms with van der Waals surface area (Å²) in [6.45, 7) is 6.64. The van der Waals surface area contributed by atoms with Crippen LogP contribution in [-0.4, -0.2) is 30.1 Å². The Bertz CT molecular complexity index is 436. The summed E-state index contributed by atoms with van der Waals surface area (Å²) >= 11 is 0. The van der Waals surface area contributed by atoms with Gasteiger partial charge in [0.05, 0.1) is 0 Å². The molecule has 1 saturated heterocycles. The maximum Gasteiger partial charge on any atom is 0.127 e. The zero-order valence-corrected chi connectivity index (χ0v) is 12.3. The first-order valence-electron chi connectivity index (χ1n) is 7.55. The molecule has 2 unspecified atom stereocenters. The number of piperazine rings is 1. The van der Waals surface area contributed by atoms with Crippen molar-refractivity contribution < 1.29 is 8.78 Å². The average Bonchev–Trinajstić information content (AvgIpc) is 2.45. The minimum atomic E-state index is -0.365. The minimum Gasteiger partial charge on any atom is -0.311 e. The summed E-state index contributed by atoms with van der Waals surface area (Å²) in [6, 6.07) is 4.57. The van der Waals surface area contributed by atoms with E-state index in [1.54, 1.807) is 0 Å². The molecular formula is C16H24F2N2. The van der Waals surface area contributed by atoms with Gasteiger partial charge < -0.3 is 5.32 Å². The molecule has 1 aliphatic heterocycles. The molecule has 1 N–H and O–H groups in total. The fourth-order valence-corrected chi connectivity index (χ4v) is 2.90. The lowest BCUT2D eigenvalue weighted by atomic mass is 10.0. The molecule has 0 spiro atoms. The minimum absolute atomic E-state index is 0.312. The van der Waals surface area contributed by atoms with Gasteiger partial charge in [-0.05, 0) is 31.0 Å². The van der Waals surface area contributed by atoms with Gasteiger partial charge in [0, 0.05) is 37.3 Å². The molecule has 0 aliphatic carbocycles. The van der Waals surface area contributed by atoms with E-state index >= 15 is 0 Å². The number of halogens is 2. The fraction of sp³-hybridized carbons (Fsp3) is 0.625. The highest BCUT2D eigenvalue weighted by atomic mass is 19.1. The number of benzene rings is 1. The third kappa shape index (κ3) is 3.76. The van der Waals surface area contributed by atoms with E-state index in [2.05, 4.69) is 24.1 Å². The molecule has 0 saturated carbocycles. The fourth-order valence-electron chi connectivity index (χ4n) is 2.90. The summed E-state index contributed by atoms with van der Waals surface area (Å²) in [5.74, 6) is -0.677. The topological polar surface area (TPSA) is 15.3 Å². The van der Waals surface area contributed by atoms with Gasteiger partial charge in [-0.1, -0.05) is 20.3 Å². The smallest absolute Gasteiger partial charge is 0.127 e. The Morgan fingerprint density at radius 2 is 2.10 bits per heavy atom. The number of rotatable bonds is 5. The van der Waals surface area contributed by atoms with Crippen molar-refractivity contribution in [3.05, 3.63) is 35.4 Å². The molecule has 2 nitrogen and oxygen atoms in total. The molecular weight excluding hydrogens is 258 g/mol. The van der Waals surface area contributed by atoms with Crippen molar-refractivity contribution in [1.82, 2.24) is 10.2 Å². The lowest BCUT2D eigenvalue weighted by molar-refractivity contribution is 0.112. The van der Waals surface area contributed by atoms with Crippen molar-refractivity contribution >= 4 is 0 Å². The molecule has 1 heterocycles. The predicted octanol–water partition coefficient (Wildman–Crippen LogP) is 3.32. The van der Waals surface area contributed by atoms with E-state index in [0.717, 1.165) is 32.4 Å². The maximum atomic E-state index is 13.8. The first-order valence-corrected chi connectivity index (χ1v) is 7.55. The van der Waals surface area contributed by atoms with Gasteiger partial charge in [0.25, 0.3) is 0 Å². The molecule has 0 bridgehead atoms. The van der Waals surface area contributed by atoms with Crippen LogP contribution in [0.3, 0.4) is 0 Å². The molecule has 0 aromatic heterocycles. The van der Waals surface area contributed by atoms with Crippen LogP contribution in [-0.2, 0) is 6.54 Å². The number of hydrogen-bond donors (Lipinski definition) is 1. The molecule has 20 heavy (non-hydrogen) atoms. The van der Waals surface area contributed by atoms with E-state index in [0.29, 0.717) is 24.2 Å². The summed E-state index contributed by atoms with van der Waals surface area (Å²) in [4.78, 5) is 2.30. The Balaban J connectivity index is 2.11. The molecule has 1 fully saturated rings. The van der Waals surface area contributed by atoms with E-state index in [1.165, 1.54) is 18.2 Å². The quantitative estimate of drug-likeness (QED) is 0.891. The lowest BCUT2D eigenvalue weighted by Gasteiger charge is -2.40. The highest BCUT2D eigenvalue weighted by Crippen LogP contribution is 2.19. The Labute approximate surface area is 120 Å². The Morgan fingerprint density at radius 1 is 1.30 bits per heavy atom. The van der Waals surface area contributed by atoms with Crippen LogP contribution in [0.4, 0.5) is 8.78 Å². The van der Waals surface area contributed by atoms with Crippen molar-refractivity contribution in [3.8, 4) is 0 Å². The van der Waals surface area contributed by atoms with Crippen LogP contribution in [0.1, 0.15) is 38.7 Å². The molecule has 1 aromatic carbocycles. The van der Waals surface area contributed by atoms with E-state index in [9.17, 15) is 8.78 Å². The van der Waals surface area contributed by atoms with E-state index in [-0.39, 0.29) is 11.6 Å². The zero-order chi connectivity index (χ0) is 14.5. The maximum absolute atomic E-state index is 13.8. The first kappa shape index (κ1) is 15.4. The third-order valence-electron chi connectivity index (χ3n) is 4.11. The summed E-state index contributed by atoms with van der Waals surface area (Å²) < 4.78 is 27.1. The molecule has 2 atom stereocenters. The van der Waals surface area contributed by atoms with Gasteiger partial charge >= 0.3 is 0 Å². The van der Waals surface area contributed by atoms with Crippen LogP contribution < -0.4 is 5.32 Å². The third-order valence-corrected chi connectivity index (χ3v) is 4.11. The van der Waals surface area contributed by atoms with Gasteiger partial charge in [0.15, 0.2) is 0 Å². The molecule has 2 rings (SSSR count). The second-order valence-electron chi connectivity index (χ2n) is 5.62. The van der Waals surface area contributed by atoms with Crippen molar-refractivity contribution in [2.45, 2.75) is 51.7 Å². The van der Waals surface area contributed by atoms with Crippen molar-refractivity contribution in [2.75, 3.05) is 13.1 Å². The number of nitrogens with zero attached hydrogens (tertiary/aromatic N) is 1. The van der Waals surface area contributed by atoms with Gasteiger partial charge in [-0.25, -0.2) is 8.78 Å². The largest absolute Gasteiger partial charge is 0.311 e. The summed E-state index contributed by atoms with van der Waals surface area (Å²) in [5.41, 5.74) is 0.461.